The number of thiocarbonyl (C=S) groups is 1. The van der Waals surface area contributed by atoms with Crippen LogP contribution in [0.15, 0.2) is 48.5 Å². The lowest BCUT2D eigenvalue weighted by atomic mass is 10.1. The fourth-order valence-corrected chi connectivity index (χ4v) is 3.56. The lowest BCUT2D eigenvalue weighted by Gasteiger charge is -2.22. The molecule has 156 valence electrons. The maximum atomic E-state index is 13.1. The number of nitrogens with one attached hydrogen (secondary N) is 1. The first-order valence-corrected chi connectivity index (χ1v) is 9.61. The quantitative estimate of drug-likeness (QED) is 0.539. The zero-order chi connectivity index (χ0) is 21.8. The number of ether oxygens (including phenoxy) is 1. The highest BCUT2D eigenvalue weighted by Crippen LogP contribution is 2.29. The summed E-state index contributed by atoms with van der Waals surface area (Å²) in [6.45, 7) is -0.299. The van der Waals surface area contributed by atoms with E-state index in [2.05, 4.69) is 10.1 Å². The minimum absolute atomic E-state index is 0.0623. The molecular formula is C20H17ClFN3O4S. The van der Waals surface area contributed by atoms with Gasteiger partial charge in [-0.05, 0) is 54.7 Å². The number of benzene rings is 2. The molecule has 30 heavy (non-hydrogen) atoms. The smallest absolute Gasteiger partial charge is 0.325 e. The Balaban J connectivity index is 1.84. The molecule has 0 bridgehead atoms. The van der Waals surface area contributed by atoms with E-state index in [-0.39, 0.29) is 18.1 Å². The van der Waals surface area contributed by atoms with Crippen molar-refractivity contribution < 1.29 is 23.5 Å². The number of nitrogens with zero attached hydrogens (tertiary/aromatic N) is 2. The number of esters is 1. The highest BCUT2D eigenvalue weighted by Gasteiger charge is 2.45. The number of hydrogen-bond acceptors (Lipinski definition) is 5. The van der Waals surface area contributed by atoms with Crippen LogP contribution in [-0.2, 0) is 19.1 Å². The summed E-state index contributed by atoms with van der Waals surface area (Å²) in [4.78, 5) is 40.1. The first kappa shape index (κ1) is 21.7. The molecule has 1 fully saturated rings. The van der Waals surface area contributed by atoms with Crippen LogP contribution < -0.4 is 10.2 Å². The number of rotatable bonds is 6. The molecule has 3 rings (SSSR count). The van der Waals surface area contributed by atoms with Crippen LogP contribution in [0.25, 0.3) is 0 Å². The van der Waals surface area contributed by atoms with E-state index in [1.165, 1.54) is 41.2 Å². The van der Waals surface area contributed by atoms with Crippen LogP contribution in [0.1, 0.15) is 6.42 Å². The molecule has 2 aromatic rings. The lowest BCUT2D eigenvalue weighted by Crippen LogP contribution is -2.41. The van der Waals surface area contributed by atoms with E-state index in [9.17, 15) is 18.8 Å². The third kappa shape index (κ3) is 4.74. The molecule has 1 heterocycles. The summed E-state index contributed by atoms with van der Waals surface area (Å²) in [5.74, 6) is -2.02. The van der Waals surface area contributed by atoms with Crippen molar-refractivity contribution >= 4 is 58.1 Å². The van der Waals surface area contributed by atoms with Gasteiger partial charge < -0.3 is 15.0 Å². The molecule has 0 saturated carbocycles. The Hall–Kier alpha value is -3.04. The van der Waals surface area contributed by atoms with E-state index >= 15 is 0 Å². The summed E-state index contributed by atoms with van der Waals surface area (Å²) in [5, 5.41) is 3.06. The van der Waals surface area contributed by atoms with Crippen LogP contribution in [-0.4, -0.2) is 47.5 Å². The lowest BCUT2D eigenvalue weighted by molar-refractivity contribution is -0.141. The molecule has 1 saturated heterocycles. The molecule has 10 heteroatoms. The summed E-state index contributed by atoms with van der Waals surface area (Å²) in [6, 6.07) is 10.7. The van der Waals surface area contributed by atoms with Crippen LogP contribution in [0.3, 0.4) is 0 Å². The van der Waals surface area contributed by atoms with E-state index in [0.29, 0.717) is 16.4 Å². The molecular weight excluding hydrogens is 433 g/mol. The number of carbonyl (C=O) groups excluding carboxylic acids is 3. The van der Waals surface area contributed by atoms with Crippen LogP contribution in [0.4, 0.5) is 15.8 Å². The molecule has 0 aromatic heterocycles. The van der Waals surface area contributed by atoms with Gasteiger partial charge in [0.25, 0.3) is 5.91 Å². The summed E-state index contributed by atoms with van der Waals surface area (Å²) in [5.41, 5.74) is 0.800. The van der Waals surface area contributed by atoms with Crippen molar-refractivity contribution in [2.45, 2.75) is 12.5 Å². The van der Waals surface area contributed by atoms with E-state index in [4.69, 9.17) is 23.8 Å². The van der Waals surface area contributed by atoms with Crippen molar-refractivity contribution in [2.24, 2.45) is 0 Å². The summed E-state index contributed by atoms with van der Waals surface area (Å²) < 4.78 is 17.7. The Morgan fingerprint density at radius 3 is 2.57 bits per heavy atom. The number of carbonyl (C=O) groups is 3. The second-order valence-electron chi connectivity index (χ2n) is 6.42. The van der Waals surface area contributed by atoms with Gasteiger partial charge in [0, 0.05) is 10.7 Å². The third-order valence-corrected chi connectivity index (χ3v) is 5.07. The zero-order valence-electron chi connectivity index (χ0n) is 15.8. The van der Waals surface area contributed by atoms with E-state index < -0.39 is 29.6 Å². The Kier molecular flexibility index (Phi) is 6.63. The maximum absolute atomic E-state index is 13.1. The number of anilines is 2. The van der Waals surface area contributed by atoms with E-state index in [1.807, 2.05) is 0 Å². The minimum Gasteiger partial charge on any atom is -0.468 e. The Morgan fingerprint density at radius 1 is 1.23 bits per heavy atom. The fourth-order valence-electron chi connectivity index (χ4n) is 2.99. The minimum atomic E-state index is -1.02. The standard InChI is InChI=1S/C20H17ClFN3O4S/c1-29-18(27)11-24-16(10-17(26)23-14-7-5-13(22)6-8-14)19(28)25(20(24)30)15-4-2-3-12(21)9-15/h2-9,16H,10-11H2,1H3,(H,23,26)/t16-/m1/s1. The fraction of sp³-hybridized carbons (Fsp3) is 0.200. The maximum Gasteiger partial charge on any atom is 0.325 e. The molecule has 7 nitrogen and oxygen atoms in total. The van der Waals surface area contributed by atoms with Crippen LogP contribution in [0.5, 0.6) is 0 Å². The van der Waals surface area contributed by atoms with Gasteiger partial charge >= 0.3 is 5.97 Å². The van der Waals surface area contributed by atoms with Crippen molar-refractivity contribution in [3.63, 3.8) is 0 Å². The molecule has 0 aliphatic carbocycles. The topological polar surface area (TPSA) is 79.0 Å². The van der Waals surface area contributed by atoms with Crippen molar-refractivity contribution in [1.29, 1.82) is 0 Å². The molecule has 0 unspecified atom stereocenters. The Bertz CT molecular complexity index is 1000. The second-order valence-corrected chi connectivity index (χ2v) is 7.22. The molecule has 1 atom stereocenters. The van der Waals surface area contributed by atoms with Crippen molar-refractivity contribution in [3.8, 4) is 0 Å². The molecule has 0 radical (unpaired) electrons. The van der Waals surface area contributed by atoms with Crippen LogP contribution in [0, 0.1) is 5.82 Å². The Morgan fingerprint density at radius 2 is 1.93 bits per heavy atom. The number of hydrogen-bond donors (Lipinski definition) is 1. The number of amides is 2. The van der Waals surface area contributed by atoms with E-state index in [1.54, 1.807) is 24.3 Å². The van der Waals surface area contributed by atoms with E-state index in [0.717, 1.165) is 0 Å². The van der Waals surface area contributed by atoms with Crippen LogP contribution >= 0.6 is 23.8 Å². The number of methoxy groups -OCH3 is 1. The van der Waals surface area contributed by atoms with Crippen molar-refractivity contribution in [2.75, 3.05) is 23.9 Å². The average Bonchev–Trinajstić information content (AvgIpc) is 2.93. The molecule has 1 aliphatic rings. The predicted molar refractivity (Wildman–Crippen MR) is 114 cm³/mol. The third-order valence-electron chi connectivity index (χ3n) is 4.42. The van der Waals surface area contributed by atoms with Gasteiger partial charge in [0.15, 0.2) is 5.11 Å². The normalized spacial score (nSPS) is 16.0. The van der Waals surface area contributed by atoms with Gasteiger partial charge in [-0.25, -0.2) is 4.39 Å². The van der Waals surface area contributed by atoms with Crippen LogP contribution in [0.2, 0.25) is 5.02 Å². The van der Waals surface area contributed by atoms with Gasteiger partial charge in [-0.1, -0.05) is 17.7 Å². The number of halogens is 2. The molecule has 1 N–H and O–H groups in total. The second kappa shape index (κ2) is 9.19. The van der Waals surface area contributed by atoms with Gasteiger partial charge in [0.05, 0.1) is 19.2 Å². The van der Waals surface area contributed by atoms with Gasteiger partial charge in [0.2, 0.25) is 5.91 Å². The first-order valence-electron chi connectivity index (χ1n) is 8.82. The molecule has 2 amide bonds. The zero-order valence-corrected chi connectivity index (χ0v) is 17.4. The molecule has 1 aliphatic heterocycles. The average molecular weight is 450 g/mol. The monoisotopic (exact) mass is 449 g/mol. The largest absolute Gasteiger partial charge is 0.468 e. The predicted octanol–water partition coefficient (Wildman–Crippen LogP) is 2.98. The van der Waals surface area contributed by atoms with Gasteiger partial charge in [-0.3, -0.25) is 19.3 Å². The van der Waals surface area contributed by atoms with Crippen molar-refractivity contribution in [1.82, 2.24) is 4.90 Å². The Labute approximate surface area is 182 Å². The SMILES string of the molecule is COC(=O)CN1C(=S)N(c2cccc(Cl)c2)C(=O)[C@H]1CC(=O)Nc1ccc(F)cc1. The highest BCUT2D eigenvalue weighted by molar-refractivity contribution is 7.80. The summed E-state index contributed by atoms with van der Waals surface area (Å²) in [6.07, 6.45) is -0.273. The highest BCUT2D eigenvalue weighted by atomic mass is 35.5. The van der Waals surface area contributed by atoms with Gasteiger partial charge in [-0.2, -0.15) is 0 Å². The van der Waals surface area contributed by atoms with Gasteiger partial charge in [-0.15, -0.1) is 0 Å². The molecule has 0 spiro atoms. The van der Waals surface area contributed by atoms with Gasteiger partial charge in [0.1, 0.15) is 18.4 Å². The first-order chi connectivity index (χ1) is 14.3. The summed E-state index contributed by atoms with van der Waals surface area (Å²) >= 11 is 11.4. The molecule has 2 aromatic carbocycles. The summed E-state index contributed by atoms with van der Waals surface area (Å²) in [7, 11) is 1.22. The van der Waals surface area contributed by atoms with Crippen molar-refractivity contribution in [3.05, 3.63) is 59.4 Å².